The maximum Gasteiger partial charge on any atom is 0.328 e. The van der Waals surface area contributed by atoms with Crippen LogP contribution in [-0.2, 0) is 14.3 Å². The summed E-state index contributed by atoms with van der Waals surface area (Å²) >= 11 is 4.10. The first kappa shape index (κ1) is 11.5. The third-order valence-corrected chi connectivity index (χ3v) is 3.37. The summed E-state index contributed by atoms with van der Waals surface area (Å²) in [6, 6.07) is 0. The Hall–Kier alpha value is -1.03. The average molecular weight is 238 g/mol. The van der Waals surface area contributed by atoms with E-state index in [-0.39, 0.29) is 11.9 Å². The van der Waals surface area contributed by atoms with E-state index in [0.717, 1.165) is 18.6 Å². The van der Waals surface area contributed by atoms with Gasteiger partial charge in [-0.05, 0) is 25.0 Å². The van der Waals surface area contributed by atoms with Crippen molar-refractivity contribution < 1.29 is 14.3 Å². The van der Waals surface area contributed by atoms with Crippen molar-refractivity contribution in [1.29, 1.82) is 0 Å². The SMILES string of the molecule is O=C1OC(=O)C2(C=CCCS)C=CCCC12. The van der Waals surface area contributed by atoms with Gasteiger partial charge in [-0.15, -0.1) is 0 Å². The van der Waals surface area contributed by atoms with Crippen LogP contribution in [0.3, 0.4) is 0 Å². The molecule has 0 saturated carbocycles. The number of carbonyl (C=O) groups excluding carboxylic acids is 2. The van der Waals surface area contributed by atoms with Crippen molar-refractivity contribution in [1.82, 2.24) is 0 Å². The van der Waals surface area contributed by atoms with Crippen LogP contribution in [0, 0.1) is 11.3 Å². The summed E-state index contributed by atoms with van der Waals surface area (Å²) in [5.74, 6) is -0.427. The van der Waals surface area contributed by atoms with E-state index < -0.39 is 11.4 Å². The summed E-state index contributed by atoms with van der Waals surface area (Å²) in [4.78, 5) is 23.3. The van der Waals surface area contributed by atoms with Crippen LogP contribution in [0.25, 0.3) is 0 Å². The zero-order chi connectivity index (χ0) is 11.6. The van der Waals surface area contributed by atoms with Crippen molar-refractivity contribution in [3.05, 3.63) is 24.3 Å². The molecule has 86 valence electrons. The Labute approximate surface area is 100.0 Å². The number of allylic oxidation sites excluding steroid dienone is 2. The molecular formula is C12H14O3S. The standard InChI is InChI=1S/C12H14O3S/c13-10-9-5-1-2-6-12(9,11(14)15-10)7-3-4-8-16/h2-3,6-7,9,16H,1,4-5,8H2. The van der Waals surface area contributed by atoms with E-state index in [2.05, 4.69) is 12.6 Å². The molecule has 2 aliphatic rings. The van der Waals surface area contributed by atoms with Crippen LogP contribution in [-0.4, -0.2) is 17.7 Å². The van der Waals surface area contributed by atoms with Gasteiger partial charge in [-0.2, -0.15) is 12.6 Å². The minimum absolute atomic E-state index is 0.332. The Bertz CT molecular complexity index is 372. The molecule has 2 rings (SSSR count). The minimum Gasteiger partial charge on any atom is -0.392 e. The molecule has 0 radical (unpaired) electrons. The van der Waals surface area contributed by atoms with Gasteiger partial charge in [0.2, 0.25) is 0 Å². The number of thiol groups is 1. The van der Waals surface area contributed by atoms with Crippen LogP contribution in [0.15, 0.2) is 24.3 Å². The summed E-state index contributed by atoms with van der Waals surface area (Å²) in [5, 5.41) is 0. The van der Waals surface area contributed by atoms with Gasteiger partial charge in [-0.25, -0.2) is 0 Å². The lowest BCUT2D eigenvalue weighted by atomic mass is 9.71. The Balaban J connectivity index is 2.32. The van der Waals surface area contributed by atoms with E-state index >= 15 is 0 Å². The summed E-state index contributed by atoms with van der Waals surface area (Å²) in [7, 11) is 0. The van der Waals surface area contributed by atoms with Crippen LogP contribution >= 0.6 is 12.6 Å². The third kappa shape index (κ3) is 1.71. The average Bonchev–Trinajstić information content (AvgIpc) is 2.53. The first-order chi connectivity index (χ1) is 7.70. The number of hydrogen-bond acceptors (Lipinski definition) is 4. The van der Waals surface area contributed by atoms with E-state index in [1.807, 2.05) is 18.2 Å². The highest BCUT2D eigenvalue weighted by molar-refractivity contribution is 7.80. The monoisotopic (exact) mass is 238 g/mol. The Morgan fingerprint density at radius 3 is 3.12 bits per heavy atom. The normalized spacial score (nSPS) is 33.2. The van der Waals surface area contributed by atoms with Crippen molar-refractivity contribution in [3.8, 4) is 0 Å². The summed E-state index contributed by atoms with van der Waals surface area (Å²) in [5.41, 5.74) is -0.835. The molecule has 3 nitrogen and oxygen atoms in total. The maximum absolute atomic E-state index is 11.8. The molecule has 0 aromatic rings. The molecule has 16 heavy (non-hydrogen) atoms. The van der Waals surface area contributed by atoms with Gasteiger partial charge in [0.1, 0.15) is 5.41 Å². The lowest BCUT2D eigenvalue weighted by Crippen LogP contribution is -2.31. The van der Waals surface area contributed by atoms with Crippen LogP contribution < -0.4 is 0 Å². The molecule has 1 heterocycles. The van der Waals surface area contributed by atoms with Gasteiger partial charge in [0.15, 0.2) is 0 Å². The van der Waals surface area contributed by atoms with E-state index in [1.165, 1.54) is 0 Å². The molecule has 2 atom stereocenters. The highest BCUT2D eigenvalue weighted by atomic mass is 32.1. The summed E-state index contributed by atoms with van der Waals surface area (Å²) in [6.45, 7) is 0. The van der Waals surface area contributed by atoms with Gasteiger partial charge < -0.3 is 4.74 Å². The fraction of sp³-hybridized carbons (Fsp3) is 0.500. The number of ether oxygens (including phenoxy) is 1. The van der Waals surface area contributed by atoms with Gasteiger partial charge in [0, 0.05) is 0 Å². The first-order valence-electron chi connectivity index (χ1n) is 5.43. The molecule has 1 fully saturated rings. The molecule has 0 aromatic heterocycles. The fourth-order valence-electron chi connectivity index (χ4n) is 2.26. The largest absolute Gasteiger partial charge is 0.392 e. The number of rotatable bonds is 3. The van der Waals surface area contributed by atoms with Gasteiger partial charge in [-0.1, -0.05) is 24.3 Å². The van der Waals surface area contributed by atoms with Crippen molar-refractivity contribution in [3.63, 3.8) is 0 Å². The van der Waals surface area contributed by atoms with Crippen molar-refractivity contribution in [2.75, 3.05) is 5.75 Å². The lowest BCUT2D eigenvalue weighted by molar-refractivity contribution is -0.154. The van der Waals surface area contributed by atoms with Crippen LogP contribution in [0.2, 0.25) is 0 Å². The topological polar surface area (TPSA) is 43.4 Å². The molecule has 0 spiro atoms. The molecular weight excluding hydrogens is 224 g/mol. The van der Waals surface area contributed by atoms with Gasteiger partial charge in [0.05, 0.1) is 5.92 Å². The number of fused-ring (bicyclic) bond motifs is 1. The Morgan fingerprint density at radius 1 is 1.56 bits per heavy atom. The molecule has 1 saturated heterocycles. The smallest absolute Gasteiger partial charge is 0.328 e. The number of carbonyl (C=O) groups is 2. The van der Waals surface area contributed by atoms with Gasteiger partial charge in [0.25, 0.3) is 0 Å². The van der Waals surface area contributed by atoms with Crippen molar-refractivity contribution in [2.24, 2.45) is 11.3 Å². The predicted molar refractivity (Wildman–Crippen MR) is 63.0 cm³/mol. The fourth-order valence-corrected chi connectivity index (χ4v) is 2.41. The van der Waals surface area contributed by atoms with E-state index in [0.29, 0.717) is 6.42 Å². The second kappa shape index (κ2) is 4.45. The maximum atomic E-state index is 11.8. The van der Waals surface area contributed by atoms with Crippen LogP contribution in [0.1, 0.15) is 19.3 Å². The molecule has 1 aliphatic heterocycles. The van der Waals surface area contributed by atoms with Crippen LogP contribution in [0.4, 0.5) is 0 Å². The molecule has 0 N–H and O–H groups in total. The summed E-state index contributed by atoms with van der Waals surface area (Å²) in [6.07, 6.45) is 9.76. The first-order valence-corrected chi connectivity index (χ1v) is 6.06. The highest BCUT2D eigenvalue weighted by Crippen LogP contribution is 2.44. The Kier molecular flexibility index (Phi) is 3.19. The van der Waals surface area contributed by atoms with E-state index in [1.54, 1.807) is 6.08 Å². The van der Waals surface area contributed by atoms with Crippen molar-refractivity contribution >= 4 is 24.6 Å². The van der Waals surface area contributed by atoms with E-state index in [4.69, 9.17) is 4.74 Å². The van der Waals surface area contributed by atoms with Gasteiger partial charge >= 0.3 is 11.9 Å². The number of hydrogen-bond donors (Lipinski definition) is 1. The van der Waals surface area contributed by atoms with Crippen molar-refractivity contribution in [2.45, 2.75) is 19.3 Å². The molecule has 0 aromatic carbocycles. The van der Waals surface area contributed by atoms with Crippen LogP contribution in [0.5, 0.6) is 0 Å². The lowest BCUT2D eigenvalue weighted by Gasteiger charge is -2.25. The zero-order valence-electron chi connectivity index (χ0n) is 8.89. The quantitative estimate of drug-likeness (QED) is 0.353. The second-order valence-electron chi connectivity index (χ2n) is 4.09. The van der Waals surface area contributed by atoms with Gasteiger partial charge in [-0.3, -0.25) is 9.59 Å². The molecule has 2 unspecified atom stereocenters. The third-order valence-electron chi connectivity index (χ3n) is 3.11. The minimum atomic E-state index is -0.835. The molecule has 1 aliphatic carbocycles. The predicted octanol–water partition coefficient (Wildman–Crippen LogP) is 1.90. The molecule has 0 amide bonds. The molecule has 0 bridgehead atoms. The summed E-state index contributed by atoms with van der Waals surface area (Å²) < 4.78 is 4.74. The number of cyclic esters (lactones) is 2. The Morgan fingerprint density at radius 2 is 2.38 bits per heavy atom. The zero-order valence-corrected chi connectivity index (χ0v) is 9.78. The van der Waals surface area contributed by atoms with E-state index in [9.17, 15) is 9.59 Å². The highest BCUT2D eigenvalue weighted by Gasteiger charge is 2.55. The number of esters is 2. The second-order valence-corrected chi connectivity index (χ2v) is 4.54. The molecule has 4 heteroatoms.